The Bertz CT molecular complexity index is 450. The standard InChI is InChI=1S/C14H19ClN2OS/c15-13-4-3-12(19-13)14(18)17-7-5-11(6-8-17)16-9-10-1-2-10/h3-4,10-11,16H,1-2,5-9H2. The fourth-order valence-corrected chi connectivity index (χ4v) is 3.54. The van der Waals surface area contributed by atoms with E-state index in [4.69, 9.17) is 11.6 Å². The molecule has 1 N–H and O–H groups in total. The molecule has 19 heavy (non-hydrogen) atoms. The molecule has 1 saturated carbocycles. The van der Waals surface area contributed by atoms with Crippen LogP contribution >= 0.6 is 22.9 Å². The third kappa shape index (κ3) is 3.50. The van der Waals surface area contributed by atoms with Crippen LogP contribution in [0.15, 0.2) is 12.1 Å². The molecule has 2 aliphatic rings. The highest BCUT2D eigenvalue weighted by atomic mass is 35.5. The Labute approximate surface area is 122 Å². The van der Waals surface area contributed by atoms with Gasteiger partial charge >= 0.3 is 0 Å². The van der Waals surface area contributed by atoms with Crippen LogP contribution in [-0.4, -0.2) is 36.5 Å². The van der Waals surface area contributed by atoms with E-state index in [1.807, 2.05) is 11.0 Å². The molecule has 3 rings (SSSR count). The number of hydrogen-bond donors (Lipinski definition) is 1. The molecule has 1 aromatic rings. The van der Waals surface area contributed by atoms with Gasteiger partial charge in [0.2, 0.25) is 0 Å². The summed E-state index contributed by atoms with van der Waals surface area (Å²) in [6.07, 6.45) is 4.92. The zero-order chi connectivity index (χ0) is 13.2. The predicted octanol–water partition coefficient (Wildman–Crippen LogP) is 3.01. The quantitative estimate of drug-likeness (QED) is 0.927. The van der Waals surface area contributed by atoms with Crippen LogP contribution in [0, 0.1) is 5.92 Å². The lowest BCUT2D eigenvalue weighted by Crippen LogP contribution is -2.45. The van der Waals surface area contributed by atoms with Crippen molar-refractivity contribution in [3.8, 4) is 0 Å². The molecule has 0 atom stereocenters. The second-order valence-corrected chi connectivity index (χ2v) is 7.24. The number of thiophene rings is 1. The van der Waals surface area contributed by atoms with Crippen LogP contribution in [0.5, 0.6) is 0 Å². The van der Waals surface area contributed by atoms with Gasteiger partial charge in [-0.15, -0.1) is 11.3 Å². The van der Waals surface area contributed by atoms with Gasteiger partial charge in [-0.2, -0.15) is 0 Å². The molecule has 1 aromatic heterocycles. The van der Waals surface area contributed by atoms with Gasteiger partial charge in [-0.05, 0) is 50.3 Å². The maximum atomic E-state index is 12.3. The molecule has 0 unspecified atom stereocenters. The summed E-state index contributed by atoms with van der Waals surface area (Å²) in [7, 11) is 0. The average molecular weight is 299 g/mol. The highest BCUT2D eigenvalue weighted by molar-refractivity contribution is 7.17. The largest absolute Gasteiger partial charge is 0.338 e. The molecule has 2 heterocycles. The minimum Gasteiger partial charge on any atom is -0.338 e. The summed E-state index contributed by atoms with van der Waals surface area (Å²) in [6.45, 7) is 2.88. The Hall–Kier alpha value is -0.580. The van der Waals surface area contributed by atoms with Gasteiger partial charge in [-0.1, -0.05) is 11.6 Å². The molecule has 0 bridgehead atoms. The van der Waals surface area contributed by atoms with E-state index in [2.05, 4.69) is 5.32 Å². The number of carbonyl (C=O) groups excluding carboxylic acids is 1. The topological polar surface area (TPSA) is 32.3 Å². The molecular weight excluding hydrogens is 280 g/mol. The maximum Gasteiger partial charge on any atom is 0.263 e. The van der Waals surface area contributed by atoms with Gasteiger partial charge in [-0.25, -0.2) is 0 Å². The van der Waals surface area contributed by atoms with Gasteiger partial charge in [0, 0.05) is 19.1 Å². The summed E-state index contributed by atoms with van der Waals surface area (Å²) in [5.41, 5.74) is 0. The Balaban J connectivity index is 1.47. The van der Waals surface area contributed by atoms with Crippen molar-refractivity contribution >= 4 is 28.8 Å². The van der Waals surface area contributed by atoms with E-state index in [0.717, 1.165) is 36.7 Å². The minimum atomic E-state index is 0.137. The van der Waals surface area contributed by atoms with Crippen molar-refractivity contribution in [2.45, 2.75) is 31.7 Å². The number of hydrogen-bond acceptors (Lipinski definition) is 3. The van der Waals surface area contributed by atoms with Gasteiger partial charge < -0.3 is 10.2 Å². The van der Waals surface area contributed by atoms with Crippen molar-refractivity contribution in [2.24, 2.45) is 5.92 Å². The van der Waals surface area contributed by atoms with E-state index < -0.39 is 0 Å². The third-order valence-electron chi connectivity index (χ3n) is 3.96. The summed E-state index contributed by atoms with van der Waals surface area (Å²) in [4.78, 5) is 15.0. The lowest BCUT2D eigenvalue weighted by Gasteiger charge is -2.32. The first-order valence-corrected chi connectivity index (χ1v) is 8.20. The van der Waals surface area contributed by atoms with Crippen LogP contribution in [0.4, 0.5) is 0 Å². The molecular formula is C14H19ClN2OS. The molecule has 0 radical (unpaired) electrons. The summed E-state index contributed by atoms with van der Waals surface area (Å²) < 4.78 is 0.685. The number of rotatable bonds is 4. The first kappa shape index (κ1) is 13.4. The summed E-state index contributed by atoms with van der Waals surface area (Å²) in [5, 5.41) is 3.63. The maximum absolute atomic E-state index is 12.3. The van der Waals surface area contributed by atoms with Crippen LogP contribution in [-0.2, 0) is 0 Å². The fourth-order valence-electron chi connectivity index (χ4n) is 2.53. The number of likely N-dealkylation sites (tertiary alicyclic amines) is 1. The van der Waals surface area contributed by atoms with Gasteiger partial charge in [0.05, 0.1) is 9.21 Å². The van der Waals surface area contributed by atoms with Gasteiger partial charge in [-0.3, -0.25) is 4.79 Å². The number of nitrogens with zero attached hydrogens (tertiary/aromatic N) is 1. The first-order chi connectivity index (χ1) is 9.22. The monoisotopic (exact) mass is 298 g/mol. The molecule has 5 heteroatoms. The Kier molecular flexibility index (Phi) is 4.10. The molecule has 1 amide bonds. The van der Waals surface area contributed by atoms with Gasteiger partial charge in [0.25, 0.3) is 5.91 Å². The summed E-state index contributed by atoms with van der Waals surface area (Å²) in [5.74, 6) is 1.06. The van der Waals surface area contributed by atoms with E-state index in [-0.39, 0.29) is 5.91 Å². The fraction of sp³-hybridized carbons (Fsp3) is 0.643. The highest BCUT2D eigenvalue weighted by Crippen LogP contribution is 2.28. The van der Waals surface area contributed by atoms with E-state index in [9.17, 15) is 4.79 Å². The number of carbonyl (C=O) groups is 1. The number of nitrogens with one attached hydrogen (secondary N) is 1. The van der Waals surface area contributed by atoms with Crippen LogP contribution in [0.2, 0.25) is 4.34 Å². The van der Waals surface area contributed by atoms with E-state index in [1.165, 1.54) is 30.7 Å². The molecule has 1 aliphatic carbocycles. The predicted molar refractivity (Wildman–Crippen MR) is 79.0 cm³/mol. The van der Waals surface area contributed by atoms with Crippen molar-refractivity contribution in [2.75, 3.05) is 19.6 Å². The van der Waals surface area contributed by atoms with Gasteiger partial charge in [0.1, 0.15) is 0 Å². The van der Waals surface area contributed by atoms with Crippen molar-refractivity contribution < 1.29 is 4.79 Å². The smallest absolute Gasteiger partial charge is 0.263 e. The zero-order valence-corrected chi connectivity index (χ0v) is 12.5. The van der Waals surface area contributed by atoms with Crippen molar-refractivity contribution in [3.63, 3.8) is 0 Å². The third-order valence-corrected chi connectivity index (χ3v) is 5.18. The summed E-state index contributed by atoms with van der Waals surface area (Å²) >= 11 is 7.25. The van der Waals surface area contributed by atoms with Crippen molar-refractivity contribution in [3.05, 3.63) is 21.3 Å². The Morgan fingerprint density at radius 1 is 1.32 bits per heavy atom. The Morgan fingerprint density at radius 2 is 2.05 bits per heavy atom. The van der Waals surface area contributed by atoms with Gasteiger partial charge in [0.15, 0.2) is 0 Å². The number of amides is 1. The van der Waals surface area contributed by atoms with Crippen molar-refractivity contribution in [1.82, 2.24) is 10.2 Å². The molecule has 3 nitrogen and oxygen atoms in total. The highest BCUT2D eigenvalue weighted by Gasteiger charge is 2.26. The minimum absolute atomic E-state index is 0.137. The normalized spacial score (nSPS) is 20.8. The molecule has 0 aromatic carbocycles. The Morgan fingerprint density at radius 3 is 2.63 bits per heavy atom. The second kappa shape index (κ2) is 5.81. The zero-order valence-electron chi connectivity index (χ0n) is 10.9. The molecule has 1 saturated heterocycles. The molecule has 0 spiro atoms. The average Bonchev–Trinajstić information content (AvgIpc) is 3.17. The number of piperidine rings is 1. The van der Waals surface area contributed by atoms with E-state index in [1.54, 1.807) is 6.07 Å². The molecule has 2 fully saturated rings. The lowest BCUT2D eigenvalue weighted by molar-refractivity contribution is 0.0710. The van der Waals surface area contributed by atoms with E-state index >= 15 is 0 Å². The molecule has 104 valence electrons. The number of halogens is 1. The molecule has 1 aliphatic heterocycles. The van der Waals surface area contributed by atoms with Crippen molar-refractivity contribution in [1.29, 1.82) is 0 Å². The van der Waals surface area contributed by atoms with Crippen LogP contribution in [0.1, 0.15) is 35.4 Å². The van der Waals surface area contributed by atoms with Crippen LogP contribution in [0.3, 0.4) is 0 Å². The lowest BCUT2D eigenvalue weighted by atomic mass is 10.0. The second-order valence-electron chi connectivity index (χ2n) is 5.52. The van der Waals surface area contributed by atoms with Crippen LogP contribution in [0.25, 0.3) is 0 Å². The summed E-state index contributed by atoms with van der Waals surface area (Å²) in [6, 6.07) is 4.22. The van der Waals surface area contributed by atoms with E-state index in [0.29, 0.717) is 10.4 Å². The van der Waals surface area contributed by atoms with Crippen LogP contribution < -0.4 is 5.32 Å². The first-order valence-electron chi connectivity index (χ1n) is 7.00. The SMILES string of the molecule is O=C(c1ccc(Cl)s1)N1CCC(NCC2CC2)CC1.